The predicted molar refractivity (Wildman–Crippen MR) is 130 cm³/mol. The molecule has 33 heavy (non-hydrogen) atoms. The van der Waals surface area contributed by atoms with Gasteiger partial charge in [0.15, 0.2) is 0 Å². The molecule has 1 amide bonds. The van der Waals surface area contributed by atoms with Crippen molar-refractivity contribution in [3.63, 3.8) is 0 Å². The lowest BCUT2D eigenvalue weighted by Gasteiger charge is -2.44. The first-order valence-electron chi connectivity index (χ1n) is 11.4. The topological polar surface area (TPSA) is 78.9 Å². The van der Waals surface area contributed by atoms with E-state index in [0.29, 0.717) is 24.5 Å². The van der Waals surface area contributed by atoms with Gasteiger partial charge in [0, 0.05) is 34.3 Å². The molecule has 5 rings (SSSR count). The predicted octanol–water partition coefficient (Wildman–Crippen LogP) is 3.43. The van der Waals surface area contributed by atoms with Gasteiger partial charge in [0.25, 0.3) is 0 Å². The molecule has 2 aromatic rings. The lowest BCUT2D eigenvalue weighted by molar-refractivity contribution is -0.122. The van der Waals surface area contributed by atoms with E-state index in [1.54, 1.807) is 6.26 Å². The molecule has 176 valence electrons. The number of likely N-dealkylation sites (tertiary alicyclic amines) is 1. The first kappa shape index (κ1) is 22.8. The zero-order chi connectivity index (χ0) is 23.2. The molecule has 2 fully saturated rings. The monoisotopic (exact) mass is 488 g/mol. The average Bonchev–Trinajstić information content (AvgIpc) is 3.04. The zero-order valence-electron chi connectivity index (χ0n) is 18.7. The van der Waals surface area contributed by atoms with Crippen molar-refractivity contribution >= 4 is 34.0 Å². The number of carbonyl (C=O) groups is 1. The Morgan fingerprint density at radius 2 is 1.88 bits per heavy atom. The number of piperidine rings is 1. The standard InChI is InChI=1S/C25H29ClN2O4S/c1-33(31)25(15-19(29)16-25)17-2-5-20(6-3-17)32-13-12-28-10-8-24(9-11-28)21-14-18(26)4-7-22(21)27-23(24)30/h2-7,14,19,29H,8-13,15-16H2,1H3,(H,27,30). The summed E-state index contributed by atoms with van der Waals surface area (Å²) in [4.78, 5) is 15.1. The molecular weight excluding hydrogens is 460 g/mol. The number of aliphatic hydroxyl groups excluding tert-OH is 1. The number of fused-ring (bicyclic) bond motifs is 2. The van der Waals surface area contributed by atoms with E-state index in [1.807, 2.05) is 42.5 Å². The van der Waals surface area contributed by atoms with Crippen LogP contribution in [0.3, 0.4) is 0 Å². The Balaban J connectivity index is 1.14. The van der Waals surface area contributed by atoms with Crippen molar-refractivity contribution in [3.8, 4) is 5.75 Å². The number of hydrogen-bond acceptors (Lipinski definition) is 5. The maximum Gasteiger partial charge on any atom is 0.235 e. The van der Waals surface area contributed by atoms with Crippen molar-refractivity contribution in [3.05, 3.63) is 58.6 Å². The summed E-state index contributed by atoms with van der Waals surface area (Å²) in [7, 11) is -1.03. The van der Waals surface area contributed by atoms with Gasteiger partial charge in [-0.05, 0) is 80.2 Å². The van der Waals surface area contributed by atoms with Crippen molar-refractivity contribution in [2.75, 3.05) is 37.8 Å². The molecule has 1 atom stereocenters. The molecule has 1 aliphatic carbocycles. The van der Waals surface area contributed by atoms with E-state index in [9.17, 15) is 14.1 Å². The Morgan fingerprint density at radius 1 is 1.18 bits per heavy atom. The van der Waals surface area contributed by atoms with Gasteiger partial charge >= 0.3 is 0 Å². The first-order valence-corrected chi connectivity index (χ1v) is 13.3. The number of aliphatic hydroxyl groups is 1. The number of anilines is 1. The fourth-order valence-electron chi connectivity index (χ4n) is 5.53. The third kappa shape index (κ3) is 3.99. The molecule has 1 saturated carbocycles. The van der Waals surface area contributed by atoms with E-state index in [-0.39, 0.29) is 12.0 Å². The van der Waals surface area contributed by atoms with Crippen LogP contribution in [-0.2, 0) is 25.8 Å². The van der Waals surface area contributed by atoms with Crippen molar-refractivity contribution in [2.24, 2.45) is 0 Å². The number of halogens is 1. The van der Waals surface area contributed by atoms with Crippen molar-refractivity contribution < 1.29 is 18.8 Å². The molecule has 2 N–H and O–H groups in total. The van der Waals surface area contributed by atoms with Crippen LogP contribution in [-0.4, -0.2) is 58.7 Å². The zero-order valence-corrected chi connectivity index (χ0v) is 20.3. The van der Waals surface area contributed by atoms with E-state index < -0.39 is 21.0 Å². The highest BCUT2D eigenvalue weighted by molar-refractivity contribution is 7.85. The van der Waals surface area contributed by atoms with Crippen LogP contribution in [0.5, 0.6) is 5.75 Å². The van der Waals surface area contributed by atoms with Crippen molar-refractivity contribution in [1.82, 2.24) is 4.90 Å². The third-order valence-electron chi connectivity index (χ3n) is 7.63. The lowest BCUT2D eigenvalue weighted by Crippen LogP contribution is -2.47. The summed E-state index contributed by atoms with van der Waals surface area (Å²) in [6.07, 6.45) is 3.96. The van der Waals surface area contributed by atoms with Gasteiger partial charge in [0.2, 0.25) is 5.91 Å². The van der Waals surface area contributed by atoms with Crippen LogP contribution in [0, 0.1) is 0 Å². The summed E-state index contributed by atoms with van der Waals surface area (Å²) < 4.78 is 17.8. The molecule has 1 unspecified atom stereocenters. The van der Waals surface area contributed by atoms with Gasteiger partial charge in [-0.2, -0.15) is 0 Å². The molecule has 8 heteroatoms. The molecule has 1 spiro atoms. The van der Waals surface area contributed by atoms with Crippen molar-refractivity contribution in [2.45, 2.75) is 41.9 Å². The molecule has 1 saturated heterocycles. The van der Waals surface area contributed by atoms with E-state index in [4.69, 9.17) is 16.3 Å². The fraction of sp³-hybridized carbons (Fsp3) is 0.480. The van der Waals surface area contributed by atoms with Crippen LogP contribution in [0.25, 0.3) is 0 Å². The largest absolute Gasteiger partial charge is 0.492 e. The highest BCUT2D eigenvalue weighted by Gasteiger charge is 2.49. The fourth-order valence-corrected chi connectivity index (χ4v) is 7.02. The number of nitrogens with one attached hydrogen (secondary N) is 1. The van der Waals surface area contributed by atoms with Crippen LogP contribution in [0.4, 0.5) is 5.69 Å². The molecule has 0 aromatic heterocycles. The van der Waals surface area contributed by atoms with Gasteiger partial charge in [-0.3, -0.25) is 13.9 Å². The van der Waals surface area contributed by atoms with Crippen LogP contribution < -0.4 is 10.1 Å². The number of hydrogen-bond donors (Lipinski definition) is 2. The quantitative estimate of drug-likeness (QED) is 0.651. The molecule has 2 aliphatic heterocycles. The van der Waals surface area contributed by atoms with E-state index in [2.05, 4.69) is 10.2 Å². The Bertz CT molecular complexity index is 1080. The van der Waals surface area contributed by atoms with Crippen LogP contribution in [0.2, 0.25) is 5.02 Å². The summed E-state index contributed by atoms with van der Waals surface area (Å²) in [5.41, 5.74) is 2.44. The van der Waals surface area contributed by atoms with Gasteiger partial charge in [0.1, 0.15) is 12.4 Å². The third-order valence-corrected chi connectivity index (χ3v) is 9.53. The smallest absolute Gasteiger partial charge is 0.235 e. The molecule has 2 aromatic carbocycles. The minimum Gasteiger partial charge on any atom is -0.492 e. The number of benzene rings is 2. The summed E-state index contributed by atoms with van der Waals surface area (Å²) in [5, 5.41) is 13.4. The van der Waals surface area contributed by atoms with Gasteiger partial charge in [-0.15, -0.1) is 0 Å². The lowest BCUT2D eigenvalue weighted by atomic mass is 9.73. The second-order valence-electron chi connectivity index (χ2n) is 9.45. The maximum absolute atomic E-state index is 12.8. The molecule has 3 aliphatic rings. The Morgan fingerprint density at radius 3 is 2.52 bits per heavy atom. The molecule has 0 radical (unpaired) electrons. The highest BCUT2D eigenvalue weighted by Crippen LogP contribution is 2.47. The first-order chi connectivity index (χ1) is 15.8. The second-order valence-corrected chi connectivity index (χ2v) is 11.6. The summed E-state index contributed by atoms with van der Waals surface area (Å²) >= 11 is 6.20. The average molecular weight is 489 g/mol. The van der Waals surface area contributed by atoms with E-state index >= 15 is 0 Å². The molecule has 2 heterocycles. The summed E-state index contributed by atoms with van der Waals surface area (Å²) in [6.45, 7) is 3.01. The maximum atomic E-state index is 12.8. The van der Waals surface area contributed by atoms with Crippen LogP contribution in [0.1, 0.15) is 36.8 Å². The van der Waals surface area contributed by atoms with Gasteiger partial charge < -0.3 is 15.2 Å². The Kier molecular flexibility index (Phi) is 6.02. The Labute approximate surface area is 201 Å². The van der Waals surface area contributed by atoms with Gasteiger partial charge in [-0.1, -0.05) is 23.7 Å². The van der Waals surface area contributed by atoms with Gasteiger partial charge in [-0.25, -0.2) is 0 Å². The summed E-state index contributed by atoms with van der Waals surface area (Å²) in [5.74, 6) is 0.864. The molecule has 6 nitrogen and oxygen atoms in total. The minimum atomic E-state index is -1.03. The molecular formula is C25H29ClN2O4S. The normalized spacial score (nSPS) is 27.0. The van der Waals surface area contributed by atoms with E-state index in [0.717, 1.165) is 55.0 Å². The van der Waals surface area contributed by atoms with E-state index in [1.165, 1.54) is 0 Å². The number of nitrogens with zero attached hydrogens (tertiary/aromatic N) is 1. The summed E-state index contributed by atoms with van der Waals surface area (Å²) in [6, 6.07) is 13.4. The number of rotatable bonds is 6. The van der Waals surface area contributed by atoms with Crippen LogP contribution in [0.15, 0.2) is 42.5 Å². The Hall–Kier alpha value is -1.93. The number of ether oxygens (including phenoxy) is 1. The minimum absolute atomic E-state index is 0.0838. The highest BCUT2D eigenvalue weighted by atomic mass is 35.5. The number of amides is 1. The SMILES string of the molecule is CS(=O)C1(c2ccc(OCCN3CCC4(CC3)C(=O)Nc3ccc(Cl)cc34)cc2)CC(O)C1. The van der Waals surface area contributed by atoms with Crippen molar-refractivity contribution in [1.29, 1.82) is 0 Å². The second kappa shape index (κ2) is 8.69. The van der Waals surface area contributed by atoms with Crippen LogP contribution >= 0.6 is 11.6 Å². The number of carbonyl (C=O) groups excluding carboxylic acids is 1. The van der Waals surface area contributed by atoms with Gasteiger partial charge in [0.05, 0.1) is 16.3 Å². The molecule has 0 bridgehead atoms.